The summed E-state index contributed by atoms with van der Waals surface area (Å²) >= 11 is 0. The zero-order chi connectivity index (χ0) is 18.9. The van der Waals surface area contributed by atoms with Crippen LogP contribution in [0.3, 0.4) is 0 Å². The molecule has 1 saturated carbocycles. The predicted molar refractivity (Wildman–Crippen MR) is 101 cm³/mol. The zero-order valence-corrected chi connectivity index (χ0v) is 14.8. The number of benzene rings is 1. The summed E-state index contributed by atoms with van der Waals surface area (Å²) in [6.07, 6.45) is 7.19. The van der Waals surface area contributed by atoms with Gasteiger partial charge in [0.2, 0.25) is 0 Å². The Morgan fingerprint density at radius 3 is 2.82 bits per heavy atom. The van der Waals surface area contributed by atoms with E-state index in [1.807, 2.05) is 35.0 Å². The monoisotopic (exact) mass is 372 g/mol. The summed E-state index contributed by atoms with van der Waals surface area (Å²) in [6, 6.07) is 13.2. The van der Waals surface area contributed by atoms with Gasteiger partial charge >= 0.3 is 0 Å². The number of carbonyl (C=O) groups is 1. The summed E-state index contributed by atoms with van der Waals surface area (Å²) in [5.74, 6) is 1.12. The molecule has 0 radical (unpaired) electrons. The van der Waals surface area contributed by atoms with E-state index in [0.717, 1.165) is 18.4 Å². The van der Waals surface area contributed by atoms with Gasteiger partial charge in [0.15, 0.2) is 11.6 Å². The number of amides is 1. The van der Waals surface area contributed by atoms with Crippen molar-refractivity contribution in [2.45, 2.75) is 18.9 Å². The smallest absolute Gasteiger partial charge is 0.257 e. The average molecular weight is 372 g/mol. The maximum Gasteiger partial charge on any atom is 0.257 e. The number of rotatable bonds is 5. The van der Waals surface area contributed by atoms with Gasteiger partial charge in [-0.05, 0) is 53.6 Å². The molecule has 138 valence electrons. The van der Waals surface area contributed by atoms with Gasteiger partial charge in [0.25, 0.3) is 5.91 Å². The van der Waals surface area contributed by atoms with Gasteiger partial charge in [0.05, 0.1) is 11.6 Å². The fourth-order valence-corrected chi connectivity index (χ4v) is 2.95. The third-order valence-electron chi connectivity index (χ3n) is 4.51. The van der Waals surface area contributed by atoms with E-state index >= 15 is 0 Å². The fraction of sp³-hybridized carbons (Fsp3) is 0.158. The minimum atomic E-state index is -0.238. The number of hydrogen-bond acceptors (Lipinski definition) is 6. The van der Waals surface area contributed by atoms with Crippen LogP contribution in [-0.2, 0) is 0 Å². The normalized spacial score (nSPS) is 13.4. The second-order valence-corrected chi connectivity index (χ2v) is 6.57. The standard InChI is InChI=1S/C19H16N8O/c28-19(14-5-8-17(20-12-14)26-10-2-9-21-26)22-15-4-1-3-13(11-15)18-23-24-25-27(18)16-6-7-16/h1-5,8-12,16H,6-7H2,(H,22,28). The highest BCUT2D eigenvalue weighted by atomic mass is 16.1. The van der Waals surface area contributed by atoms with E-state index in [4.69, 9.17) is 0 Å². The van der Waals surface area contributed by atoms with Gasteiger partial charge in [-0.3, -0.25) is 4.79 Å². The summed E-state index contributed by atoms with van der Waals surface area (Å²) in [6.45, 7) is 0. The molecule has 9 heteroatoms. The zero-order valence-electron chi connectivity index (χ0n) is 14.8. The Balaban J connectivity index is 1.34. The van der Waals surface area contributed by atoms with E-state index in [1.165, 1.54) is 6.20 Å². The first-order chi connectivity index (χ1) is 13.8. The van der Waals surface area contributed by atoms with E-state index in [1.54, 1.807) is 29.2 Å². The van der Waals surface area contributed by atoms with E-state index in [9.17, 15) is 4.79 Å². The van der Waals surface area contributed by atoms with Crippen LogP contribution in [0.2, 0.25) is 0 Å². The van der Waals surface area contributed by atoms with Crippen LogP contribution >= 0.6 is 0 Å². The molecule has 28 heavy (non-hydrogen) atoms. The van der Waals surface area contributed by atoms with Crippen LogP contribution in [0.5, 0.6) is 0 Å². The first-order valence-electron chi connectivity index (χ1n) is 8.94. The molecule has 0 unspecified atom stereocenters. The summed E-state index contributed by atoms with van der Waals surface area (Å²) in [7, 11) is 0. The molecule has 5 rings (SSSR count). The molecule has 1 aliphatic rings. The minimum Gasteiger partial charge on any atom is -0.322 e. The van der Waals surface area contributed by atoms with Gasteiger partial charge in [-0.2, -0.15) is 5.10 Å². The molecule has 1 aromatic carbocycles. The molecule has 4 aromatic rings. The van der Waals surface area contributed by atoms with Gasteiger partial charge in [0, 0.05) is 29.8 Å². The Hall–Kier alpha value is -3.88. The minimum absolute atomic E-state index is 0.238. The van der Waals surface area contributed by atoms with Crippen LogP contribution in [0.25, 0.3) is 17.2 Å². The molecule has 1 amide bonds. The molecular weight excluding hydrogens is 356 g/mol. The van der Waals surface area contributed by atoms with Gasteiger partial charge in [-0.15, -0.1) is 5.10 Å². The molecule has 3 heterocycles. The number of nitrogens with one attached hydrogen (secondary N) is 1. The molecule has 1 aliphatic carbocycles. The van der Waals surface area contributed by atoms with E-state index in [0.29, 0.717) is 28.9 Å². The second kappa shape index (κ2) is 6.69. The topological polar surface area (TPSA) is 103 Å². The van der Waals surface area contributed by atoms with Gasteiger partial charge in [0.1, 0.15) is 0 Å². The quantitative estimate of drug-likeness (QED) is 0.577. The van der Waals surface area contributed by atoms with Crippen molar-refractivity contribution in [1.29, 1.82) is 0 Å². The number of tetrazole rings is 1. The molecule has 0 bridgehead atoms. The molecule has 1 fully saturated rings. The van der Waals surface area contributed by atoms with Crippen LogP contribution in [0.4, 0.5) is 5.69 Å². The van der Waals surface area contributed by atoms with E-state index in [2.05, 4.69) is 30.9 Å². The van der Waals surface area contributed by atoms with Crippen molar-refractivity contribution < 1.29 is 4.79 Å². The first-order valence-corrected chi connectivity index (χ1v) is 8.94. The molecule has 0 atom stereocenters. The summed E-state index contributed by atoms with van der Waals surface area (Å²) < 4.78 is 3.48. The van der Waals surface area contributed by atoms with Crippen LogP contribution in [-0.4, -0.2) is 40.9 Å². The molecule has 0 saturated heterocycles. The number of carbonyl (C=O) groups excluding carboxylic acids is 1. The van der Waals surface area contributed by atoms with Crippen molar-refractivity contribution in [2.24, 2.45) is 0 Å². The number of nitrogens with zero attached hydrogens (tertiary/aromatic N) is 7. The number of anilines is 1. The average Bonchev–Trinajstić information content (AvgIpc) is 3.21. The summed E-state index contributed by atoms with van der Waals surface area (Å²) in [5, 5.41) is 19.0. The lowest BCUT2D eigenvalue weighted by molar-refractivity contribution is 0.102. The third kappa shape index (κ3) is 3.13. The molecule has 3 aromatic heterocycles. The highest BCUT2D eigenvalue weighted by Gasteiger charge is 2.28. The first kappa shape index (κ1) is 16.3. The maximum atomic E-state index is 12.6. The van der Waals surface area contributed by atoms with Crippen LogP contribution < -0.4 is 5.32 Å². The highest BCUT2D eigenvalue weighted by Crippen LogP contribution is 2.36. The molecular formula is C19H16N8O. The maximum absolute atomic E-state index is 12.6. The van der Waals surface area contributed by atoms with Crippen molar-refractivity contribution >= 4 is 11.6 Å². The lowest BCUT2D eigenvalue weighted by Crippen LogP contribution is -2.13. The van der Waals surface area contributed by atoms with E-state index < -0.39 is 0 Å². The number of pyridine rings is 1. The number of aromatic nitrogens is 7. The highest BCUT2D eigenvalue weighted by molar-refractivity contribution is 6.04. The predicted octanol–water partition coefficient (Wildman–Crippen LogP) is 2.51. The van der Waals surface area contributed by atoms with Gasteiger partial charge < -0.3 is 5.32 Å². The largest absolute Gasteiger partial charge is 0.322 e. The van der Waals surface area contributed by atoms with Gasteiger partial charge in [-0.1, -0.05) is 12.1 Å². The van der Waals surface area contributed by atoms with Crippen molar-refractivity contribution in [2.75, 3.05) is 5.32 Å². The van der Waals surface area contributed by atoms with Crippen LogP contribution in [0.1, 0.15) is 29.2 Å². The van der Waals surface area contributed by atoms with Crippen molar-refractivity contribution in [3.8, 4) is 17.2 Å². The molecule has 0 spiro atoms. The Bertz CT molecular complexity index is 1110. The Kier molecular flexibility index (Phi) is 3.90. The van der Waals surface area contributed by atoms with Crippen molar-refractivity contribution in [3.63, 3.8) is 0 Å². The second-order valence-electron chi connectivity index (χ2n) is 6.57. The van der Waals surface area contributed by atoms with Crippen LogP contribution in [0, 0.1) is 0 Å². The van der Waals surface area contributed by atoms with Gasteiger partial charge in [-0.25, -0.2) is 14.3 Å². The Labute approximate surface area is 160 Å². The molecule has 0 aliphatic heterocycles. The Morgan fingerprint density at radius 2 is 2.07 bits per heavy atom. The summed E-state index contributed by atoms with van der Waals surface area (Å²) in [4.78, 5) is 16.9. The lowest BCUT2D eigenvalue weighted by atomic mass is 10.1. The fourth-order valence-electron chi connectivity index (χ4n) is 2.95. The van der Waals surface area contributed by atoms with Crippen molar-refractivity contribution in [3.05, 3.63) is 66.6 Å². The van der Waals surface area contributed by atoms with Crippen molar-refractivity contribution in [1.82, 2.24) is 35.0 Å². The van der Waals surface area contributed by atoms with Crippen LogP contribution in [0.15, 0.2) is 61.1 Å². The molecule has 9 nitrogen and oxygen atoms in total. The Morgan fingerprint density at radius 1 is 1.14 bits per heavy atom. The lowest BCUT2D eigenvalue weighted by Gasteiger charge is -2.08. The summed E-state index contributed by atoms with van der Waals surface area (Å²) in [5.41, 5.74) is 2.00. The van der Waals surface area contributed by atoms with E-state index in [-0.39, 0.29) is 5.91 Å². The third-order valence-corrected chi connectivity index (χ3v) is 4.51. The number of hydrogen-bond donors (Lipinski definition) is 1. The SMILES string of the molecule is O=C(Nc1cccc(-c2nnnn2C2CC2)c1)c1ccc(-n2cccn2)nc1. The molecule has 1 N–H and O–H groups in total.